The van der Waals surface area contributed by atoms with Crippen LogP contribution in [0, 0.1) is 0 Å². The summed E-state index contributed by atoms with van der Waals surface area (Å²) in [6, 6.07) is 8.46. The molecular formula is C15H20N4O2. The van der Waals surface area contributed by atoms with Gasteiger partial charge in [-0.2, -0.15) is 5.10 Å². The quantitative estimate of drug-likeness (QED) is 0.780. The Balaban J connectivity index is 1.94. The van der Waals surface area contributed by atoms with E-state index in [1.807, 2.05) is 50.5 Å². The molecule has 6 nitrogen and oxygen atoms in total. The van der Waals surface area contributed by atoms with Gasteiger partial charge in [-0.1, -0.05) is 30.3 Å². The molecule has 0 spiro atoms. The van der Waals surface area contributed by atoms with Gasteiger partial charge in [-0.3, -0.25) is 4.68 Å². The second-order valence-corrected chi connectivity index (χ2v) is 4.93. The number of carbonyl (C=O) groups excluding carboxylic acids is 1. The van der Waals surface area contributed by atoms with E-state index in [-0.39, 0.29) is 18.7 Å². The Morgan fingerprint density at radius 3 is 2.57 bits per heavy atom. The van der Waals surface area contributed by atoms with Gasteiger partial charge < -0.3 is 15.7 Å². The van der Waals surface area contributed by atoms with Crippen LogP contribution in [0.5, 0.6) is 0 Å². The lowest BCUT2D eigenvalue weighted by Gasteiger charge is -2.19. The number of aryl methyl sites for hydroxylation is 1. The molecule has 1 aromatic heterocycles. The number of nitrogens with zero attached hydrogens (tertiary/aromatic N) is 2. The molecule has 21 heavy (non-hydrogen) atoms. The van der Waals surface area contributed by atoms with Gasteiger partial charge in [0.1, 0.15) is 0 Å². The molecule has 0 saturated heterocycles. The van der Waals surface area contributed by atoms with Crippen LogP contribution in [-0.2, 0) is 7.05 Å². The third-order valence-electron chi connectivity index (χ3n) is 3.26. The second-order valence-electron chi connectivity index (χ2n) is 4.93. The zero-order valence-corrected chi connectivity index (χ0v) is 12.2. The van der Waals surface area contributed by atoms with Crippen molar-refractivity contribution in [1.29, 1.82) is 0 Å². The Hall–Kier alpha value is -2.34. The third-order valence-corrected chi connectivity index (χ3v) is 3.26. The number of aromatic nitrogens is 2. The van der Waals surface area contributed by atoms with Gasteiger partial charge in [0.05, 0.1) is 24.9 Å². The molecule has 112 valence electrons. The van der Waals surface area contributed by atoms with Crippen molar-refractivity contribution in [3.05, 3.63) is 53.9 Å². The highest BCUT2D eigenvalue weighted by Crippen LogP contribution is 2.13. The molecular weight excluding hydrogens is 268 g/mol. The molecule has 2 amide bonds. The average Bonchev–Trinajstić information content (AvgIpc) is 2.92. The number of carbonyl (C=O) groups is 1. The number of hydrogen-bond acceptors (Lipinski definition) is 3. The van der Waals surface area contributed by atoms with Crippen LogP contribution in [-0.4, -0.2) is 27.5 Å². The van der Waals surface area contributed by atoms with E-state index < -0.39 is 6.04 Å². The molecule has 0 unspecified atom stereocenters. The highest BCUT2D eigenvalue weighted by Gasteiger charge is 2.16. The first-order valence-electron chi connectivity index (χ1n) is 6.81. The lowest BCUT2D eigenvalue weighted by Crippen LogP contribution is -2.40. The van der Waals surface area contributed by atoms with Gasteiger partial charge in [-0.15, -0.1) is 0 Å². The molecule has 0 aliphatic heterocycles. The Morgan fingerprint density at radius 1 is 1.29 bits per heavy atom. The van der Waals surface area contributed by atoms with Gasteiger partial charge in [0.2, 0.25) is 0 Å². The monoisotopic (exact) mass is 288 g/mol. The zero-order valence-electron chi connectivity index (χ0n) is 12.2. The fraction of sp³-hybridized carbons (Fsp3) is 0.333. The van der Waals surface area contributed by atoms with E-state index in [4.69, 9.17) is 0 Å². The molecule has 0 bridgehead atoms. The summed E-state index contributed by atoms with van der Waals surface area (Å²) in [6.07, 6.45) is 3.57. The van der Waals surface area contributed by atoms with E-state index in [0.29, 0.717) is 0 Å². The minimum atomic E-state index is -0.424. The van der Waals surface area contributed by atoms with Gasteiger partial charge in [0, 0.05) is 18.8 Å². The number of rotatable bonds is 5. The molecule has 1 aromatic carbocycles. The van der Waals surface area contributed by atoms with Crippen LogP contribution >= 0.6 is 0 Å². The lowest BCUT2D eigenvalue weighted by molar-refractivity contribution is 0.214. The largest absolute Gasteiger partial charge is 0.394 e. The molecule has 0 aliphatic rings. The van der Waals surface area contributed by atoms with Gasteiger partial charge >= 0.3 is 6.03 Å². The van der Waals surface area contributed by atoms with Crippen molar-refractivity contribution in [2.75, 3.05) is 6.61 Å². The van der Waals surface area contributed by atoms with Gasteiger partial charge in [0.25, 0.3) is 0 Å². The summed E-state index contributed by atoms with van der Waals surface area (Å²) in [4.78, 5) is 12.0. The molecule has 3 N–H and O–H groups in total. The highest BCUT2D eigenvalue weighted by molar-refractivity contribution is 5.75. The van der Waals surface area contributed by atoms with E-state index in [0.717, 1.165) is 11.1 Å². The fourth-order valence-corrected chi connectivity index (χ4v) is 2.06. The standard InChI is InChI=1S/C15H20N4O2/c1-11(13-8-16-19(2)9-13)17-15(21)18-14(10-20)12-6-4-3-5-7-12/h3-9,11,14,20H,10H2,1-2H3,(H2,17,18,21)/t11-,14+/m0/s1. The van der Waals surface area contributed by atoms with Crippen LogP contribution in [0.4, 0.5) is 4.79 Å². The molecule has 0 aliphatic carbocycles. The van der Waals surface area contributed by atoms with Gasteiger partial charge in [-0.05, 0) is 12.5 Å². The number of benzene rings is 1. The minimum Gasteiger partial charge on any atom is -0.394 e. The summed E-state index contributed by atoms with van der Waals surface area (Å²) in [7, 11) is 1.83. The predicted molar refractivity (Wildman–Crippen MR) is 79.6 cm³/mol. The first kappa shape index (κ1) is 15.1. The fourth-order valence-electron chi connectivity index (χ4n) is 2.06. The van der Waals surface area contributed by atoms with E-state index in [1.165, 1.54) is 0 Å². The molecule has 0 saturated carbocycles. The Morgan fingerprint density at radius 2 is 2.00 bits per heavy atom. The van der Waals surface area contributed by atoms with Crippen molar-refractivity contribution >= 4 is 6.03 Å². The molecule has 2 atom stereocenters. The molecule has 0 fully saturated rings. The van der Waals surface area contributed by atoms with E-state index >= 15 is 0 Å². The number of hydrogen-bond donors (Lipinski definition) is 3. The Bertz CT molecular complexity index is 582. The topological polar surface area (TPSA) is 79.2 Å². The van der Waals surface area contributed by atoms with E-state index in [9.17, 15) is 9.90 Å². The van der Waals surface area contributed by atoms with Crippen molar-refractivity contribution in [1.82, 2.24) is 20.4 Å². The Kier molecular flexibility index (Phi) is 4.94. The zero-order chi connectivity index (χ0) is 15.2. The van der Waals surface area contributed by atoms with Crippen LogP contribution in [0.3, 0.4) is 0 Å². The van der Waals surface area contributed by atoms with Crippen LogP contribution in [0.25, 0.3) is 0 Å². The van der Waals surface area contributed by atoms with Crippen molar-refractivity contribution < 1.29 is 9.90 Å². The summed E-state index contributed by atoms with van der Waals surface area (Å²) in [5, 5.41) is 19.1. The predicted octanol–water partition coefficient (Wildman–Crippen LogP) is 1.51. The number of aliphatic hydroxyl groups excluding tert-OH is 1. The lowest BCUT2D eigenvalue weighted by atomic mass is 10.1. The number of nitrogens with one attached hydrogen (secondary N) is 2. The third kappa shape index (κ3) is 4.06. The maximum atomic E-state index is 12.0. The van der Waals surface area contributed by atoms with Crippen LogP contribution in [0.15, 0.2) is 42.7 Å². The molecule has 1 heterocycles. The highest BCUT2D eigenvalue weighted by atomic mass is 16.3. The first-order chi connectivity index (χ1) is 10.1. The van der Waals surface area contributed by atoms with Crippen LogP contribution < -0.4 is 10.6 Å². The number of amides is 2. The molecule has 0 radical (unpaired) electrons. The van der Waals surface area contributed by atoms with Gasteiger partial charge in [-0.25, -0.2) is 4.79 Å². The molecule has 2 aromatic rings. The molecule has 6 heteroatoms. The summed E-state index contributed by atoms with van der Waals surface area (Å²) in [5.74, 6) is 0. The number of aliphatic hydroxyl groups is 1. The smallest absolute Gasteiger partial charge is 0.315 e. The van der Waals surface area contributed by atoms with Crippen molar-refractivity contribution in [3.63, 3.8) is 0 Å². The van der Waals surface area contributed by atoms with Gasteiger partial charge in [0.15, 0.2) is 0 Å². The maximum absolute atomic E-state index is 12.0. The minimum absolute atomic E-state index is 0.154. The Labute approximate surface area is 123 Å². The van der Waals surface area contributed by atoms with E-state index in [2.05, 4.69) is 15.7 Å². The average molecular weight is 288 g/mol. The van der Waals surface area contributed by atoms with Crippen molar-refractivity contribution in [2.24, 2.45) is 7.05 Å². The van der Waals surface area contributed by atoms with Crippen LogP contribution in [0.1, 0.15) is 30.1 Å². The molecule has 2 rings (SSSR count). The number of urea groups is 1. The second kappa shape index (κ2) is 6.90. The first-order valence-corrected chi connectivity index (χ1v) is 6.81. The maximum Gasteiger partial charge on any atom is 0.315 e. The van der Waals surface area contributed by atoms with Crippen molar-refractivity contribution in [3.8, 4) is 0 Å². The van der Waals surface area contributed by atoms with Crippen molar-refractivity contribution in [2.45, 2.75) is 19.0 Å². The normalized spacial score (nSPS) is 13.5. The summed E-state index contributed by atoms with van der Waals surface area (Å²) >= 11 is 0. The summed E-state index contributed by atoms with van der Waals surface area (Å²) in [6.45, 7) is 1.73. The summed E-state index contributed by atoms with van der Waals surface area (Å²) < 4.78 is 1.69. The SMILES string of the molecule is C[C@H](NC(=O)N[C@H](CO)c1ccccc1)c1cnn(C)c1. The summed E-state index contributed by atoms with van der Waals surface area (Å²) in [5.41, 5.74) is 1.79. The van der Waals surface area contributed by atoms with Crippen LogP contribution in [0.2, 0.25) is 0 Å². The van der Waals surface area contributed by atoms with E-state index in [1.54, 1.807) is 10.9 Å².